The second kappa shape index (κ2) is 7.57. The molecule has 0 aliphatic heterocycles. The molecule has 1 aromatic heterocycles. The van der Waals surface area contributed by atoms with Crippen LogP contribution in [0.1, 0.15) is 10.4 Å². The summed E-state index contributed by atoms with van der Waals surface area (Å²) in [7, 11) is 0. The number of ether oxygens (including phenoxy) is 1. The molecule has 0 aliphatic carbocycles. The normalized spacial score (nSPS) is 11.2. The van der Waals surface area contributed by atoms with Crippen molar-refractivity contribution in [1.82, 2.24) is 4.98 Å². The third-order valence-electron chi connectivity index (χ3n) is 3.34. The average Bonchev–Trinajstić information content (AvgIpc) is 3.15. The molecule has 0 saturated heterocycles. The number of aromatic nitrogens is 1. The van der Waals surface area contributed by atoms with Crippen LogP contribution < -0.4 is 10.1 Å². The topological polar surface area (TPSA) is 51.2 Å². The van der Waals surface area contributed by atoms with E-state index in [4.69, 9.17) is 0 Å². The maximum Gasteiger partial charge on any atom is 0.422 e. The molecule has 0 spiro atoms. The summed E-state index contributed by atoms with van der Waals surface area (Å²) in [6, 6.07) is 12.7. The van der Waals surface area contributed by atoms with Crippen molar-refractivity contribution in [3.63, 3.8) is 0 Å². The molecule has 0 aliphatic rings. The Labute approximate surface area is 151 Å². The number of rotatable bonds is 5. The van der Waals surface area contributed by atoms with Crippen LogP contribution in [-0.2, 0) is 0 Å². The van der Waals surface area contributed by atoms with Crippen molar-refractivity contribution in [2.45, 2.75) is 6.18 Å². The van der Waals surface area contributed by atoms with Gasteiger partial charge in [-0.1, -0.05) is 0 Å². The van der Waals surface area contributed by atoms with Crippen LogP contribution in [0.5, 0.6) is 5.75 Å². The van der Waals surface area contributed by atoms with Gasteiger partial charge in [0, 0.05) is 28.4 Å². The third kappa shape index (κ3) is 4.82. The van der Waals surface area contributed by atoms with E-state index in [-0.39, 0.29) is 11.7 Å². The maximum atomic E-state index is 12.2. The van der Waals surface area contributed by atoms with Gasteiger partial charge < -0.3 is 10.1 Å². The second-order valence-corrected chi connectivity index (χ2v) is 6.19. The third-order valence-corrected chi connectivity index (χ3v) is 4.16. The Hall–Kier alpha value is -2.87. The minimum atomic E-state index is -4.40. The van der Waals surface area contributed by atoms with Gasteiger partial charge in [0.05, 0.1) is 0 Å². The van der Waals surface area contributed by atoms with E-state index in [1.807, 2.05) is 17.5 Å². The molecule has 3 rings (SSSR count). The first-order valence-corrected chi connectivity index (χ1v) is 8.39. The Morgan fingerprint density at radius 2 is 1.77 bits per heavy atom. The first-order valence-electron chi connectivity index (χ1n) is 7.52. The van der Waals surface area contributed by atoms with Gasteiger partial charge >= 0.3 is 6.18 Å². The summed E-state index contributed by atoms with van der Waals surface area (Å²) in [5.41, 5.74) is 1.87. The zero-order chi connectivity index (χ0) is 18.6. The summed E-state index contributed by atoms with van der Waals surface area (Å²) < 4.78 is 41.0. The lowest BCUT2D eigenvalue weighted by Crippen LogP contribution is -2.19. The summed E-state index contributed by atoms with van der Waals surface area (Å²) >= 11 is 1.52. The minimum Gasteiger partial charge on any atom is -0.484 e. The van der Waals surface area contributed by atoms with Gasteiger partial charge in [0.15, 0.2) is 6.61 Å². The molecule has 4 nitrogen and oxygen atoms in total. The van der Waals surface area contributed by atoms with E-state index in [9.17, 15) is 18.0 Å². The van der Waals surface area contributed by atoms with Crippen LogP contribution >= 0.6 is 11.3 Å². The maximum absolute atomic E-state index is 12.2. The Morgan fingerprint density at radius 3 is 2.35 bits per heavy atom. The quantitative estimate of drug-likeness (QED) is 0.679. The Kier molecular flexibility index (Phi) is 5.22. The van der Waals surface area contributed by atoms with Crippen molar-refractivity contribution < 1.29 is 22.7 Å². The first-order chi connectivity index (χ1) is 12.4. The number of halogens is 3. The van der Waals surface area contributed by atoms with Crippen molar-refractivity contribution in [3.05, 3.63) is 65.7 Å². The van der Waals surface area contributed by atoms with Gasteiger partial charge in [-0.3, -0.25) is 4.79 Å². The number of benzene rings is 2. The van der Waals surface area contributed by atoms with Gasteiger partial charge in [0.25, 0.3) is 5.91 Å². The van der Waals surface area contributed by atoms with Crippen molar-refractivity contribution in [1.29, 1.82) is 0 Å². The number of alkyl halides is 3. The molecular formula is C18H13F3N2O2S. The summed E-state index contributed by atoms with van der Waals surface area (Å²) in [4.78, 5) is 16.4. The van der Waals surface area contributed by atoms with E-state index in [0.717, 1.165) is 10.6 Å². The number of amides is 1. The van der Waals surface area contributed by atoms with Crippen LogP contribution in [0.15, 0.2) is 60.1 Å². The molecule has 1 N–H and O–H groups in total. The van der Waals surface area contributed by atoms with Crippen LogP contribution in [0, 0.1) is 0 Å². The van der Waals surface area contributed by atoms with Crippen LogP contribution in [0.4, 0.5) is 18.9 Å². The number of carbonyl (C=O) groups excluding carboxylic acids is 1. The molecule has 26 heavy (non-hydrogen) atoms. The molecule has 1 heterocycles. The molecule has 0 radical (unpaired) electrons. The molecule has 0 saturated carbocycles. The fraction of sp³-hybridized carbons (Fsp3) is 0.111. The lowest BCUT2D eigenvalue weighted by atomic mass is 10.2. The Bertz CT molecular complexity index is 861. The molecule has 1 amide bonds. The van der Waals surface area contributed by atoms with Crippen LogP contribution in [-0.4, -0.2) is 23.7 Å². The predicted molar refractivity (Wildman–Crippen MR) is 93.5 cm³/mol. The van der Waals surface area contributed by atoms with Crippen molar-refractivity contribution >= 4 is 22.9 Å². The summed E-state index contributed by atoms with van der Waals surface area (Å²) in [5, 5.41) is 5.50. The van der Waals surface area contributed by atoms with Gasteiger partial charge in [-0.25, -0.2) is 4.98 Å². The van der Waals surface area contributed by atoms with E-state index in [0.29, 0.717) is 11.3 Å². The van der Waals surface area contributed by atoms with Crippen molar-refractivity contribution in [2.24, 2.45) is 0 Å². The van der Waals surface area contributed by atoms with Crippen LogP contribution in [0.2, 0.25) is 0 Å². The minimum absolute atomic E-state index is 0.0478. The standard InChI is InChI=1S/C18H13F3N2O2S/c19-18(20,21)11-25-15-7-3-12(4-8-15)16(24)23-14-5-1-13(2-6-14)17-22-9-10-26-17/h1-10H,11H2,(H,23,24). The van der Waals surface area contributed by atoms with Gasteiger partial charge in [0.1, 0.15) is 10.8 Å². The highest BCUT2D eigenvalue weighted by molar-refractivity contribution is 7.13. The van der Waals surface area contributed by atoms with E-state index in [2.05, 4.69) is 15.0 Å². The Morgan fingerprint density at radius 1 is 1.08 bits per heavy atom. The van der Waals surface area contributed by atoms with Crippen LogP contribution in [0.25, 0.3) is 10.6 Å². The molecule has 2 aromatic carbocycles. The largest absolute Gasteiger partial charge is 0.484 e. The van der Waals surface area contributed by atoms with E-state index in [1.165, 1.54) is 35.6 Å². The molecule has 0 unspecified atom stereocenters. The van der Waals surface area contributed by atoms with Gasteiger partial charge in [0.2, 0.25) is 0 Å². The highest BCUT2D eigenvalue weighted by Crippen LogP contribution is 2.24. The summed E-state index contributed by atoms with van der Waals surface area (Å²) in [6.45, 7) is -1.37. The van der Waals surface area contributed by atoms with E-state index in [1.54, 1.807) is 18.3 Å². The zero-order valence-electron chi connectivity index (χ0n) is 13.3. The molecular weight excluding hydrogens is 365 g/mol. The van der Waals surface area contributed by atoms with Crippen LogP contribution in [0.3, 0.4) is 0 Å². The number of nitrogens with one attached hydrogen (secondary N) is 1. The lowest BCUT2D eigenvalue weighted by Gasteiger charge is -2.10. The number of carbonyl (C=O) groups is 1. The monoisotopic (exact) mass is 378 g/mol. The molecule has 8 heteroatoms. The van der Waals surface area contributed by atoms with E-state index >= 15 is 0 Å². The Balaban J connectivity index is 1.61. The lowest BCUT2D eigenvalue weighted by molar-refractivity contribution is -0.153. The fourth-order valence-corrected chi connectivity index (χ4v) is 2.78. The fourth-order valence-electron chi connectivity index (χ4n) is 2.13. The highest BCUT2D eigenvalue weighted by atomic mass is 32.1. The zero-order valence-corrected chi connectivity index (χ0v) is 14.1. The van der Waals surface area contributed by atoms with Gasteiger partial charge in [-0.05, 0) is 48.5 Å². The van der Waals surface area contributed by atoms with Crippen molar-refractivity contribution in [3.8, 4) is 16.3 Å². The van der Waals surface area contributed by atoms with E-state index < -0.39 is 12.8 Å². The van der Waals surface area contributed by atoms with Crippen molar-refractivity contribution in [2.75, 3.05) is 11.9 Å². The number of anilines is 1. The average molecular weight is 378 g/mol. The molecule has 0 atom stereocenters. The smallest absolute Gasteiger partial charge is 0.422 e. The number of nitrogens with zero attached hydrogens (tertiary/aromatic N) is 1. The molecule has 3 aromatic rings. The second-order valence-electron chi connectivity index (χ2n) is 5.30. The van der Waals surface area contributed by atoms with Gasteiger partial charge in [-0.2, -0.15) is 13.2 Å². The summed E-state index contributed by atoms with van der Waals surface area (Å²) in [6.07, 6.45) is -2.68. The number of thiazole rings is 1. The number of hydrogen-bond donors (Lipinski definition) is 1. The molecule has 0 bridgehead atoms. The highest BCUT2D eigenvalue weighted by Gasteiger charge is 2.28. The number of hydrogen-bond acceptors (Lipinski definition) is 4. The SMILES string of the molecule is O=C(Nc1ccc(-c2nccs2)cc1)c1ccc(OCC(F)(F)F)cc1. The predicted octanol–water partition coefficient (Wildman–Crippen LogP) is 5.00. The molecule has 0 fully saturated rings. The van der Waals surface area contributed by atoms with Gasteiger partial charge in [-0.15, -0.1) is 11.3 Å². The molecule has 134 valence electrons. The summed E-state index contributed by atoms with van der Waals surface area (Å²) in [5.74, 6) is -0.318. The first kappa shape index (κ1) is 17.9.